The van der Waals surface area contributed by atoms with Crippen LogP contribution in [0.4, 0.5) is 4.79 Å². The molecule has 0 saturated heterocycles. The topological polar surface area (TPSA) is 50.4 Å². The molecule has 2 rings (SSSR count). The van der Waals surface area contributed by atoms with Crippen LogP contribution >= 0.6 is 0 Å². The fourth-order valence-electron chi connectivity index (χ4n) is 3.04. The average molecular weight is 304 g/mol. The fraction of sp³-hybridized carbons (Fsp3) is 0.611. The highest BCUT2D eigenvalue weighted by Gasteiger charge is 2.15. The van der Waals surface area contributed by atoms with E-state index in [-0.39, 0.29) is 12.1 Å². The summed E-state index contributed by atoms with van der Waals surface area (Å²) in [5, 5.41) is 5.95. The first-order valence-corrected chi connectivity index (χ1v) is 8.46. The van der Waals surface area contributed by atoms with E-state index in [9.17, 15) is 4.79 Å². The Bertz CT molecular complexity index is 453. The molecule has 1 aromatic carbocycles. The Labute approximate surface area is 133 Å². The molecule has 0 aromatic heterocycles. The van der Waals surface area contributed by atoms with Crippen molar-refractivity contribution in [3.05, 3.63) is 29.8 Å². The summed E-state index contributed by atoms with van der Waals surface area (Å²) < 4.78 is 5.42. The lowest BCUT2D eigenvalue weighted by molar-refractivity contribution is 0.237. The number of rotatable bonds is 7. The molecule has 0 radical (unpaired) electrons. The maximum atomic E-state index is 11.9. The van der Waals surface area contributed by atoms with Gasteiger partial charge in [-0.05, 0) is 43.9 Å². The van der Waals surface area contributed by atoms with Crippen LogP contribution in [-0.4, -0.2) is 19.2 Å². The molecule has 4 heteroatoms. The third-order valence-corrected chi connectivity index (χ3v) is 4.35. The van der Waals surface area contributed by atoms with Crippen molar-refractivity contribution in [2.45, 2.75) is 52.0 Å². The highest BCUT2D eigenvalue weighted by Crippen LogP contribution is 2.26. The van der Waals surface area contributed by atoms with E-state index in [0.29, 0.717) is 6.61 Å². The summed E-state index contributed by atoms with van der Waals surface area (Å²) >= 11 is 0. The highest BCUT2D eigenvalue weighted by molar-refractivity contribution is 5.74. The average Bonchev–Trinajstić information content (AvgIpc) is 3.01. The molecule has 1 saturated carbocycles. The summed E-state index contributed by atoms with van der Waals surface area (Å²) in [4.78, 5) is 11.9. The molecule has 1 atom stereocenters. The van der Waals surface area contributed by atoms with Crippen LogP contribution in [0.25, 0.3) is 0 Å². The molecule has 0 aliphatic heterocycles. The van der Waals surface area contributed by atoms with E-state index in [1.807, 2.05) is 38.1 Å². The van der Waals surface area contributed by atoms with Crippen LogP contribution in [0.5, 0.6) is 5.75 Å². The molecule has 0 bridgehead atoms. The van der Waals surface area contributed by atoms with E-state index in [1.165, 1.54) is 25.7 Å². The number of hydrogen-bond acceptors (Lipinski definition) is 2. The second-order valence-electron chi connectivity index (χ2n) is 6.06. The van der Waals surface area contributed by atoms with Crippen LogP contribution in [0, 0.1) is 5.92 Å². The monoisotopic (exact) mass is 304 g/mol. The van der Waals surface area contributed by atoms with Crippen LogP contribution in [0.15, 0.2) is 24.3 Å². The summed E-state index contributed by atoms with van der Waals surface area (Å²) in [7, 11) is 0. The van der Waals surface area contributed by atoms with Gasteiger partial charge in [-0.3, -0.25) is 0 Å². The summed E-state index contributed by atoms with van der Waals surface area (Å²) in [5.41, 5.74) is 1.08. The SMILES string of the molecule is CCOc1ccc(C(C)NC(=O)NCCC2CCCC2)cc1. The molecular formula is C18H28N2O2. The van der Waals surface area contributed by atoms with Gasteiger partial charge in [-0.2, -0.15) is 0 Å². The minimum atomic E-state index is -0.0839. The highest BCUT2D eigenvalue weighted by atomic mass is 16.5. The number of hydrogen-bond donors (Lipinski definition) is 2. The smallest absolute Gasteiger partial charge is 0.315 e. The van der Waals surface area contributed by atoms with Gasteiger partial charge >= 0.3 is 6.03 Å². The summed E-state index contributed by atoms with van der Waals surface area (Å²) in [6.45, 7) is 5.39. The third-order valence-electron chi connectivity index (χ3n) is 4.35. The van der Waals surface area contributed by atoms with Crippen LogP contribution in [-0.2, 0) is 0 Å². The van der Waals surface area contributed by atoms with Gasteiger partial charge in [0.15, 0.2) is 0 Å². The lowest BCUT2D eigenvalue weighted by Gasteiger charge is -2.16. The zero-order chi connectivity index (χ0) is 15.8. The number of urea groups is 1. The summed E-state index contributed by atoms with van der Waals surface area (Å²) in [5.74, 6) is 1.67. The van der Waals surface area contributed by atoms with E-state index < -0.39 is 0 Å². The number of carbonyl (C=O) groups excluding carboxylic acids is 1. The molecule has 1 fully saturated rings. The zero-order valence-corrected chi connectivity index (χ0v) is 13.7. The Balaban J connectivity index is 1.70. The van der Waals surface area contributed by atoms with Gasteiger partial charge in [0.2, 0.25) is 0 Å². The molecule has 2 N–H and O–H groups in total. The molecule has 1 unspecified atom stereocenters. The van der Waals surface area contributed by atoms with Gasteiger partial charge < -0.3 is 15.4 Å². The molecule has 22 heavy (non-hydrogen) atoms. The van der Waals surface area contributed by atoms with Gasteiger partial charge in [-0.1, -0.05) is 37.8 Å². The molecule has 1 aliphatic rings. The van der Waals surface area contributed by atoms with Crippen molar-refractivity contribution < 1.29 is 9.53 Å². The minimum Gasteiger partial charge on any atom is -0.494 e. The van der Waals surface area contributed by atoms with Crippen molar-refractivity contribution in [3.63, 3.8) is 0 Å². The van der Waals surface area contributed by atoms with Gasteiger partial charge in [0.25, 0.3) is 0 Å². The minimum absolute atomic E-state index is 0.0119. The summed E-state index contributed by atoms with van der Waals surface area (Å²) in [6.07, 6.45) is 6.46. The van der Waals surface area contributed by atoms with Gasteiger partial charge in [0, 0.05) is 6.54 Å². The number of nitrogens with one attached hydrogen (secondary N) is 2. The first-order chi connectivity index (χ1) is 10.7. The zero-order valence-electron chi connectivity index (χ0n) is 13.7. The lowest BCUT2D eigenvalue weighted by atomic mass is 10.0. The maximum absolute atomic E-state index is 11.9. The second-order valence-corrected chi connectivity index (χ2v) is 6.06. The van der Waals surface area contributed by atoms with Crippen molar-refractivity contribution >= 4 is 6.03 Å². The Kier molecular flexibility index (Phi) is 6.56. The van der Waals surface area contributed by atoms with Gasteiger partial charge in [-0.15, -0.1) is 0 Å². The largest absolute Gasteiger partial charge is 0.494 e. The van der Waals surface area contributed by atoms with Crippen LogP contribution < -0.4 is 15.4 Å². The molecule has 4 nitrogen and oxygen atoms in total. The van der Waals surface area contributed by atoms with E-state index in [1.54, 1.807) is 0 Å². The Morgan fingerprint density at radius 1 is 1.27 bits per heavy atom. The normalized spacial score (nSPS) is 16.3. The predicted octanol–water partition coefficient (Wildman–Crippen LogP) is 4.03. The number of benzene rings is 1. The lowest BCUT2D eigenvalue weighted by Crippen LogP contribution is -2.37. The van der Waals surface area contributed by atoms with Crippen molar-refractivity contribution in [1.82, 2.24) is 10.6 Å². The molecule has 0 heterocycles. The Hall–Kier alpha value is -1.71. The molecule has 1 aromatic rings. The quantitative estimate of drug-likeness (QED) is 0.799. The molecule has 2 amide bonds. The van der Waals surface area contributed by atoms with E-state index in [2.05, 4.69) is 10.6 Å². The number of carbonyl (C=O) groups is 1. The van der Waals surface area contributed by atoms with Crippen molar-refractivity contribution in [3.8, 4) is 5.75 Å². The summed E-state index contributed by atoms with van der Waals surface area (Å²) in [6, 6.07) is 7.77. The van der Waals surface area contributed by atoms with Crippen LogP contribution in [0.2, 0.25) is 0 Å². The molecule has 122 valence electrons. The van der Waals surface area contributed by atoms with E-state index in [0.717, 1.165) is 30.2 Å². The van der Waals surface area contributed by atoms with Crippen molar-refractivity contribution in [2.24, 2.45) is 5.92 Å². The van der Waals surface area contributed by atoms with E-state index >= 15 is 0 Å². The Morgan fingerprint density at radius 2 is 1.95 bits per heavy atom. The number of amides is 2. The third kappa shape index (κ3) is 5.24. The van der Waals surface area contributed by atoms with Crippen LogP contribution in [0.3, 0.4) is 0 Å². The molecule has 0 spiro atoms. The fourth-order valence-corrected chi connectivity index (χ4v) is 3.04. The standard InChI is InChI=1S/C18H28N2O2/c1-3-22-17-10-8-16(9-11-17)14(2)20-18(21)19-13-12-15-6-4-5-7-15/h8-11,14-15H,3-7,12-13H2,1-2H3,(H2,19,20,21). The second kappa shape index (κ2) is 8.66. The predicted molar refractivity (Wildman–Crippen MR) is 89.1 cm³/mol. The molecular weight excluding hydrogens is 276 g/mol. The van der Waals surface area contributed by atoms with E-state index in [4.69, 9.17) is 4.74 Å². The first-order valence-electron chi connectivity index (χ1n) is 8.46. The van der Waals surface area contributed by atoms with Gasteiger partial charge in [0.05, 0.1) is 12.6 Å². The molecule has 1 aliphatic carbocycles. The van der Waals surface area contributed by atoms with Crippen molar-refractivity contribution in [2.75, 3.05) is 13.2 Å². The maximum Gasteiger partial charge on any atom is 0.315 e. The first kappa shape index (κ1) is 16.7. The van der Waals surface area contributed by atoms with Gasteiger partial charge in [0.1, 0.15) is 5.75 Å². The van der Waals surface area contributed by atoms with Crippen molar-refractivity contribution in [1.29, 1.82) is 0 Å². The van der Waals surface area contributed by atoms with Gasteiger partial charge in [-0.25, -0.2) is 4.79 Å². The Morgan fingerprint density at radius 3 is 2.59 bits per heavy atom. The van der Waals surface area contributed by atoms with Crippen LogP contribution in [0.1, 0.15) is 57.6 Å². The number of ether oxygens (including phenoxy) is 1.